The fourth-order valence-electron chi connectivity index (χ4n) is 4.79. The van der Waals surface area contributed by atoms with Crippen LogP contribution < -0.4 is 9.47 Å². The minimum Gasteiger partial charge on any atom is -0.494 e. The van der Waals surface area contributed by atoms with Gasteiger partial charge in [-0.1, -0.05) is 23.7 Å². The standard InChI is InChI=1S/C26H31ClO7/c1-2-32-18-5-3-14(4-6-18)7-15-9-19-21(10-20(15)27)33-12-17-8-16(17)11-31-13-22-23(28)24(29)25(30)26(19)34-22/h3-6,9-10,16-17,22-26,28-30H,2,7-8,11-13H2,1H3/t16-,17+,22-,23-,24+,25-,26+/m1/s1. The highest BCUT2D eigenvalue weighted by Gasteiger charge is 2.46. The Balaban J connectivity index is 1.48. The first-order chi connectivity index (χ1) is 16.4. The maximum atomic E-state index is 10.8. The van der Waals surface area contributed by atoms with Gasteiger partial charge in [-0.3, -0.25) is 0 Å². The lowest BCUT2D eigenvalue weighted by Crippen LogP contribution is -2.55. The molecule has 0 amide bonds. The summed E-state index contributed by atoms with van der Waals surface area (Å²) in [7, 11) is 0. The van der Waals surface area contributed by atoms with E-state index in [1.165, 1.54) is 0 Å². The lowest BCUT2D eigenvalue weighted by atomic mass is 9.89. The van der Waals surface area contributed by atoms with E-state index in [1.807, 2.05) is 37.3 Å². The average Bonchev–Trinajstić information content (AvgIpc) is 3.58. The van der Waals surface area contributed by atoms with Crippen LogP contribution in [0.25, 0.3) is 0 Å². The minimum absolute atomic E-state index is 0.146. The van der Waals surface area contributed by atoms with Gasteiger partial charge in [0, 0.05) is 17.2 Å². The van der Waals surface area contributed by atoms with Crippen molar-refractivity contribution in [3.8, 4) is 11.5 Å². The second kappa shape index (κ2) is 10.0. The second-order valence-electron chi connectivity index (χ2n) is 9.41. The number of fused-ring (bicyclic) bond motifs is 5. The zero-order valence-electron chi connectivity index (χ0n) is 19.1. The molecule has 1 saturated carbocycles. The van der Waals surface area contributed by atoms with Crippen LogP contribution in [0.5, 0.6) is 11.5 Å². The van der Waals surface area contributed by atoms with Crippen molar-refractivity contribution >= 4 is 11.6 Å². The highest BCUT2D eigenvalue weighted by Crippen LogP contribution is 2.43. The van der Waals surface area contributed by atoms with Gasteiger partial charge in [0.2, 0.25) is 0 Å². The van der Waals surface area contributed by atoms with Crippen molar-refractivity contribution in [2.45, 2.75) is 50.3 Å². The number of rotatable bonds is 4. The fourth-order valence-corrected chi connectivity index (χ4v) is 5.01. The molecule has 0 aromatic heterocycles. The molecule has 2 aliphatic heterocycles. The third-order valence-corrected chi connectivity index (χ3v) is 7.31. The smallest absolute Gasteiger partial charge is 0.126 e. The monoisotopic (exact) mass is 490 g/mol. The van der Waals surface area contributed by atoms with Gasteiger partial charge >= 0.3 is 0 Å². The molecule has 184 valence electrons. The minimum atomic E-state index is -1.37. The molecule has 2 fully saturated rings. The number of hydrogen-bond acceptors (Lipinski definition) is 7. The number of hydrogen-bond donors (Lipinski definition) is 3. The van der Waals surface area contributed by atoms with Crippen molar-refractivity contribution in [1.82, 2.24) is 0 Å². The molecule has 3 aliphatic rings. The molecule has 2 aromatic carbocycles. The van der Waals surface area contributed by atoms with Crippen molar-refractivity contribution in [2.24, 2.45) is 11.8 Å². The van der Waals surface area contributed by atoms with Crippen molar-refractivity contribution in [2.75, 3.05) is 26.4 Å². The van der Waals surface area contributed by atoms with Gasteiger partial charge < -0.3 is 34.3 Å². The summed E-state index contributed by atoms with van der Waals surface area (Å²) in [6.07, 6.45) is -4.03. The quantitative estimate of drug-likeness (QED) is 0.606. The first-order valence-electron chi connectivity index (χ1n) is 11.9. The number of ether oxygens (including phenoxy) is 4. The van der Waals surface area contributed by atoms with Crippen molar-refractivity contribution < 1.29 is 34.3 Å². The zero-order valence-corrected chi connectivity index (χ0v) is 19.9. The normalized spacial score (nSPS) is 32.9. The highest BCUT2D eigenvalue weighted by atomic mass is 35.5. The largest absolute Gasteiger partial charge is 0.494 e. The van der Waals surface area contributed by atoms with Gasteiger partial charge in [0.1, 0.15) is 42.0 Å². The Labute approximate surface area is 204 Å². The summed E-state index contributed by atoms with van der Waals surface area (Å²) in [6, 6.07) is 11.5. The van der Waals surface area contributed by atoms with Crippen LogP contribution in [0.15, 0.2) is 36.4 Å². The second-order valence-corrected chi connectivity index (χ2v) is 9.81. The van der Waals surface area contributed by atoms with Gasteiger partial charge in [-0.15, -0.1) is 0 Å². The number of aliphatic hydroxyl groups excluding tert-OH is 3. The predicted octanol–water partition coefficient (Wildman–Crippen LogP) is 2.90. The molecule has 34 heavy (non-hydrogen) atoms. The van der Waals surface area contributed by atoms with Crippen LogP contribution in [-0.4, -0.2) is 66.2 Å². The van der Waals surface area contributed by atoms with E-state index in [2.05, 4.69) is 0 Å². The molecular weight excluding hydrogens is 460 g/mol. The first-order valence-corrected chi connectivity index (χ1v) is 12.3. The zero-order chi connectivity index (χ0) is 23.8. The molecule has 0 spiro atoms. The molecule has 7 nitrogen and oxygen atoms in total. The lowest BCUT2D eigenvalue weighted by Gasteiger charge is -2.41. The number of halogens is 1. The van der Waals surface area contributed by atoms with Crippen molar-refractivity contribution in [1.29, 1.82) is 0 Å². The molecule has 5 rings (SSSR count). The fraction of sp³-hybridized carbons (Fsp3) is 0.538. The van der Waals surface area contributed by atoms with Crippen LogP contribution in [0.2, 0.25) is 5.02 Å². The molecule has 0 unspecified atom stereocenters. The Morgan fingerprint density at radius 3 is 2.50 bits per heavy atom. The topological polar surface area (TPSA) is 97.6 Å². The maximum absolute atomic E-state index is 10.8. The van der Waals surface area contributed by atoms with Crippen LogP contribution in [0.1, 0.15) is 36.1 Å². The van der Waals surface area contributed by atoms with Gasteiger partial charge in [-0.05, 0) is 67.0 Å². The van der Waals surface area contributed by atoms with Crippen LogP contribution in [0, 0.1) is 11.8 Å². The van der Waals surface area contributed by atoms with E-state index in [-0.39, 0.29) is 6.61 Å². The molecule has 7 atom stereocenters. The van der Waals surface area contributed by atoms with Crippen LogP contribution >= 0.6 is 11.6 Å². The van der Waals surface area contributed by atoms with Crippen LogP contribution in [-0.2, 0) is 15.9 Å². The van der Waals surface area contributed by atoms with Gasteiger partial charge in [0.15, 0.2) is 0 Å². The van der Waals surface area contributed by atoms with Crippen LogP contribution in [0.3, 0.4) is 0 Å². The molecular formula is C26H31ClO7. The summed E-state index contributed by atoms with van der Waals surface area (Å²) in [5.41, 5.74) is 2.49. The summed E-state index contributed by atoms with van der Waals surface area (Å²) >= 11 is 6.67. The van der Waals surface area contributed by atoms with Gasteiger partial charge in [0.25, 0.3) is 0 Å². The summed E-state index contributed by atoms with van der Waals surface area (Å²) in [5, 5.41) is 32.4. The van der Waals surface area contributed by atoms with E-state index in [4.69, 9.17) is 30.5 Å². The maximum Gasteiger partial charge on any atom is 0.126 e. The molecule has 3 N–H and O–H groups in total. The van der Waals surface area contributed by atoms with Crippen molar-refractivity contribution in [3.63, 3.8) is 0 Å². The van der Waals surface area contributed by atoms with Crippen molar-refractivity contribution in [3.05, 3.63) is 58.1 Å². The summed E-state index contributed by atoms with van der Waals surface area (Å²) in [5.74, 6) is 2.14. The Hall–Kier alpha value is -1.87. The lowest BCUT2D eigenvalue weighted by molar-refractivity contribution is -0.235. The molecule has 1 saturated heterocycles. The third kappa shape index (κ3) is 4.91. The molecule has 2 heterocycles. The van der Waals surface area contributed by atoms with E-state index in [9.17, 15) is 15.3 Å². The number of benzene rings is 2. The molecule has 2 bridgehead atoms. The summed E-state index contributed by atoms with van der Waals surface area (Å²) in [6.45, 7) is 3.77. The predicted molar refractivity (Wildman–Crippen MR) is 125 cm³/mol. The summed E-state index contributed by atoms with van der Waals surface area (Å²) in [4.78, 5) is 0. The van der Waals surface area contributed by atoms with E-state index >= 15 is 0 Å². The number of aliphatic hydroxyl groups is 3. The first kappa shape index (κ1) is 23.9. The van der Waals surface area contributed by atoms with E-state index in [0.717, 1.165) is 23.3 Å². The summed E-state index contributed by atoms with van der Waals surface area (Å²) < 4.78 is 23.5. The Morgan fingerprint density at radius 1 is 0.971 bits per heavy atom. The Morgan fingerprint density at radius 2 is 1.74 bits per heavy atom. The molecule has 1 aliphatic carbocycles. The average molecular weight is 491 g/mol. The highest BCUT2D eigenvalue weighted by molar-refractivity contribution is 6.31. The Kier molecular flexibility index (Phi) is 7.02. The van der Waals surface area contributed by atoms with E-state index in [1.54, 1.807) is 6.07 Å². The van der Waals surface area contributed by atoms with Gasteiger partial charge in [-0.25, -0.2) is 0 Å². The molecule has 8 heteroatoms. The van der Waals surface area contributed by atoms with Gasteiger partial charge in [0.05, 0.1) is 19.8 Å². The Bertz CT molecular complexity index is 997. The van der Waals surface area contributed by atoms with E-state index in [0.29, 0.717) is 54.4 Å². The molecule has 2 aromatic rings. The van der Waals surface area contributed by atoms with E-state index < -0.39 is 30.5 Å². The molecule has 0 radical (unpaired) electrons. The third-order valence-electron chi connectivity index (χ3n) is 6.96. The van der Waals surface area contributed by atoms with Gasteiger partial charge in [-0.2, -0.15) is 0 Å². The van der Waals surface area contributed by atoms with Crippen LogP contribution in [0.4, 0.5) is 0 Å². The SMILES string of the molecule is CCOc1ccc(Cc2cc3c(cc2Cl)OC[C@@H]2C[C@@H]2COC[C@H]2O[C@@H]3[C@H](O)[C@@H](O)[C@@H]2O)cc1.